The maximum Gasteiger partial charge on any atom is 0.269 e. The fourth-order valence-electron chi connectivity index (χ4n) is 3.00. The highest BCUT2D eigenvalue weighted by Gasteiger charge is 2.24. The Hall–Kier alpha value is -2.80. The van der Waals surface area contributed by atoms with Gasteiger partial charge in [0.05, 0.1) is 31.1 Å². The molecule has 0 saturated carbocycles. The van der Waals surface area contributed by atoms with Crippen LogP contribution < -0.4 is 4.90 Å². The summed E-state index contributed by atoms with van der Waals surface area (Å²) in [4.78, 5) is 25.8. The lowest BCUT2D eigenvalue weighted by Crippen LogP contribution is -3.13. The van der Waals surface area contributed by atoms with Crippen molar-refractivity contribution in [2.75, 3.05) is 26.2 Å². The van der Waals surface area contributed by atoms with Crippen LogP contribution in [0.25, 0.3) is 0 Å². The van der Waals surface area contributed by atoms with E-state index in [0.717, 1.165) is 25.2 Å². The van der Waals surface area contributed by atoms with Crippen molar-refractivity contribution in [3.8, 4) is 0 Å². The number of quaternary nitrogens is 1. The number of nitrogens with zero attached hydrogens (tertiary/aromatic N) is 2. The van der Waals surface area contributed by atoms with E-state index in [1.54, 1.807) is 17.0 Å². The Kier molecular flexibility index (Phi) is 5.04. The molecule has 2 aromatic carbocycles. The fraction of sp³-hybridized carbons (Fsp3) is 0.278. The van der Waals surface area contributed by atoms with E-state index < -0.39 is 4.92 Å². The van der Waals surface area contributed by atoms with E-state index in [9.17, 15) is 19.3 Å². The van der Waals surface area contributed by atoms with Gasteiger partial charge < -0.3 is 9.80 Å². The summed E-state index contributed by atoms with van der Waals surface area (Å²) < 4.78 is 12.9. The van der Waals surface area contributed by atoms with Crippen LogP contribution in [0.1, 0.15) is 15.9 Å². The lowest BCUT2D eigenvalue weighted by Gasteiger charge is -2.32. The maximum atomic E-state index is 12.9. The number of rotatable bonds is 4. The molecule has 130 valence electrons. The van der Waals surface area contributed by atoms with E-state index in [1.807, 2.05) is 0 Å². The molecule has 0 aliphatic carbocycles. The highest BCUT2D eigenvalue weighted by atomic mass is 19.1. The first-order chi connectivity index (χ1) is 12.0. The summed E-state index contributed by atoms with van der Waals surface area (Å²) in [7, 11) is 0. The van der Waals surface area contributed by atoms with E-state index in [4.69, 9.17) is 0 Å². The van der Waals surface area contributed by atoms with Crippen LogP contribution in [0.3, 0.4) is 0 Å². The third-order valence-corrected chi connectivity index (χ3v) is 4.45. The van der Waals surface area contributed by atoms with Gasteiger partial charge in [-0.2, -0.15) is 0 Å². The molecule has 1 heterocycles. The van der Waals surface area contributed by atoms with E-state index in [1.165, 1.54) is 41.3 Å². The molecule has 0 spiro atoms. The van der Waals surface area contributed by atoms with Gasteiger partial charge in [0.2, 0.25) is 0 Å². The summed E-state index contributed by atoms with van der Waals surface area (Å²) in [6.45, 7) is 3.70. The molecule has 0 atom stereocenters. The zero-order valence-corrected chi connectivity index (χ0v) is 13.7. The lowest BCUT2D eigenvalue weighted by molar-refractivity contribution is -0.917. The van der Waals surface area contributed by atoms with Gasteiger partial charge in [0.25, 0.3) is 11.6 Å². The van der Waals surface area contributed by atoms with Crippen molar-refractivity contribution in [2.45, 2.75) is 6.54 Å². The molecule has 0 aromatic heterocycles. The minimum absolute atomic E-state index is 0.0230. The Bertz CT molecular complexity index is 754. The van der Waals surface area contributed by atoms with Crippen molar-refractivity contribution in [1.29, 1.82) is 0 Å². The SMILES string of the molecule is O=C(c1ccc([N+](=O)[O-])cc1)N1CC[NH+](Cc2ccc(F)cc2)CC1. The molecule has 6 nitrogen and oxygen atoms in total. The van der Waals surface area contributed by atoms with E-state index >= 15 is 0 Å². The predicted molar refractivity (Wildman–Crippen MR) is 89.8 cm³/mol. The Morgan fingerprint density at radius 1 is 1.08 bits per heavy atom. The largest absolute Gasteiger partial charge is 0.328 e. The molecule has 0 unspecified atom stereocenters. The number of non-ortho nitro benzene ring substituents is 1. The summed E-state index contributed by atoms with van der Waals surface area (Å²) in [6, 6.07) is 12.2. The van der Waals surface area contributed by atoms with Gasteiger partial charge in [-0.3, -0.25) is 14.9 Å². The Balaban J connectivity index is 1.55. The van der Waals surface area contributed by atoms with Gasteiger partial charge in [-0.15, -0.1) is 0 Å². The highest BCUT2D eigenvalue weighted by molar-refractivity contribution is 5.94. The number of benzene rings is 2. The number of amides is 1. The molecule has 2 aromatic rings. The van der Waals surface area contributed by atoms with Gasteiger partial charge >= 0.3 is 0 Å². The molecule has 0 bridgehead atoms. The Morgan fingerprint density at radius 2 is 1.68 bits per heavy atom. The van der Waals surface area contributed by atoms with Crippen molar-refractivity contribution in [3.63, 3.8) is 0 Å². The summed E-state index contributed by atoms with van der Waals surface area (Å²) in [5, 5.41) is 10.7. The van der Waals surface area contributed by atoms with E-state index in [-0.39, 0.29) is 17.4 Å². The zero-order valence-electron chi connectivity index (χ0n) is 13.7. The molecule has 7 heteroatoms. The number of hydrogen-bond acceptors (Lipinski definition) is 3. The molecule has 1 aliphatic rings. The quantitative estimate of drug-likeness (QED) is 0.671. The first-order valence-corrected chi connectivity index (χ1v) is 8.14. The number of halogens is 1. The second-order valence-corrected chi connectivity index (χ2v) is 6.15. The summed E-state index contributed by atoms with van der Waals surface area (Å²) in [5.74, 6) is -0.340. The van der Waals surface area contributed by atoms with Crippen LogP contribution in [-0.4, -0.2) is 41.9 Å². The minimum atomic E-state index is -0.480. The van der Waals surface area contributed by atoms with Crippen LogP contribution in [0, 0.1) is 15.9 Å². The third kappa shape index (κ3) is 4.19. The molecule has 25 heavy (non-hydrogen) atoms. The smallest absolute Gasteiger partial charge is 0.269 e. The molecule has 1 aliphatic heterocycles. The standard InChI is InChI=1S/C18H18FN3O3/c19-16-5-1-14(2-6-16)13-20-9-11-21(12-10-20)18(23)15-3-7-17(8-4-15)22(24)25/h1-8H,9-13H2/p+1. The second kappa shape index (κ2) is 7.40. The molecule has 1 saturated heterocycles. The molecule has 1 fully saturated rings. The van der Waals surface area contributed by atoms with Crippen LogP contribution >= 0.6 is 0 Å². The van der Waals surface area contributed by atoms with Crippen molar-refractivity contribution in [2.24, 2.45) is 0 Å². The Labute approximate surface area is 144 Å². The van der Waals surface area contributed by atoms with Crippen LogP contribution in [0.15, 0.2) is 48.5 Å². The van der Waals surface area contributed by atoms with E-state index in [0.29, 0.717) is 18.7 Å². The number of piperazine rings is 1. The van der Waals surface area contributed by atoms with Gasteiger partial charge in [0.15, 0.2) is 0 Å². The van der Waals surface area contributed by atoms with Gasteiger partial charge in [0, 0.05) is 23.3 Å². The van der Waals surface area contributed by atoms with Crippen molar-refractivity contribution >= 4 is 11.6 Å². The van der Waals surface area contributed by atoms with E-state index in [2.05, 4.69) is 0 Å². The first kappa shape index (κ1) is 17.0. The van der Waals surface area contributed by atoms with Crippen LogP contribution in [0.2, 0.25) is 0 Å². The first-order valence-electron chi connectivity index (χ1n) is 8.14. The number of hydrogen-bond donors (Lipinski definition) is 1. The number of carbonyl (C=O) groups excluding carboxylic acids is 1. The average Bonchev–Trinajstić information content (AvgIpc) is 2.64. The van der Waals surface area contributed by atoms with Crippen molar-refractivity contribution in [3.05, 3.63) is 75.6 Å². The van der Waals surface area contributed by atoms with Gasteiger partial charge in [-0.25, -0.2) is 4.39 Å². The van der Waals surface area contributed by atoms with Gasteiger partial charge in [0.1, 0.15) is 12.4 Å². The summed E-state index contributed by atoms with van der Waals surface area (Å²) in [5.41, 5.74) is 1.52. The Morgan fingerprint density at radius 3 is 2.24 bits per heavy atom. The minimum Gasteiger partial charge on any atom is -0.328 e. The third-order valence-electron chi connectivity index (χ3n) is 4.45. The highest BCUT2D eigenvalue weighted by Crippen LogP contribution is 2.13. The number of nitro groups is 1. The average molecular weight is 344 g/mol. The number of carbonyl (C=O) groups is 1. The van der Waals surface area contributed by atoms with Crippen LogP contribution in [-0.2, 0) is 6.54 Å². The van der Waals surface area contributed by atoms with Gasteiger partial charge in [-0.1, -0.05) is 12.1 Å². The zero-order chi connectivity index (χ0) is 17.8. The molecular weight excluding hydrogens is 325 g/mol. The lowest BCUT2D eigenvalue weighted by atomic mass is 10.1. The molecule has 3 rings (SSSR count). The topological polar surface area (TPSA) is 67.9 Å². The maximum absolute atomic E-state index is 12.9. The summed E-state index contributed by atoms with van der Waals surface area (Å²) in [6.07, 6.45) is 0. The predicted octanol–water partition coefficient (Wildman–Crippen LogP) is 1.27. The van der Waals surface area contributed by atoms with Crippen LogP contribution in [0.5, 0.6) is 0 Å². The monoisotopic (exact) mass is 344 g/mol. The molecular formula is C18H19FN3O3+. The summed E-state index contributed by atoms with van der Waals surface area (Å²) >= 11 is 0. The normalized spacial score (nSPS) is 15.2. The van der Waals surface area contributed by atoms with Crippen molar-refractivity contribution < 1.29 is 19.0 Å². The van der Waals surface area contributed by atoms with Gasteiger partial charge in [-0.05, 0) is 24.3 Å². The molecule has 1 amide bonds. The number of nitro benzene ring substituents is 1. The number of nitrogens with one attached hydrogen (secondary N) is 1. The van der Waals surface area contributed by atoms with Crippen LogP contribution in [0.4, 0.5) is 10.1 Å². The fourth-order valence-corrected chi connectivity index (χ4v) is 3.00. The molecule has 0 radical (unpaired) electrons. The molecule has 1 N–H and O–H groups in total. The second-order valence-electron chi connectivity index (χ2n) is 6.15. The van der Waals surface area contributed by atoms with Crippen molar-refractivity contribution in [1.82, 2.24) is 4.90 Å².